The Morgan fingerprint density at radius 1 is 1.32 bits per heavy atom. The predicted molar refractivity (Wildman–Crippen MR) is 85.1 cm³/mol. The van der Waals surface area contributed by atoms with E-state index in [1.54, 1.807) is 6.20 Å². The van der Waals surface area contributed by atoms with Crippen LogP contribution in [0.2, 0.25) is 5.28 Å². The van der Waals surface area contributed by atoms with Crippen molar-refractivity contribution in [2.45, 2.75) is 38.1 Å². The molecule has 0 unspecified atom stereocenters. The Bertz CT molecular complexity index is 741. The Labute approximate surface area is 134 Å². The van der Waals surface area contributed by atoms with Crippen molar-refractivity contribution in [1.29, 1.82) is 0 Å². The molecule has 1 aliphatic carbocycles. The summed E-state index contributed by atoms with van der Waals surface area (Å²) in [6, 6.07) is 2.26. The molecule has 0 aromatic carbocycles. The second-order valence-corrected chi connectivity index (χ2v) is 6.86. The Morgan fingerprint density at radius 2 is 2.18 bits per heavy atom. The highest BCUT2D eigenvalue weighted by molar-refractivity contribution is 6.28. The maximum Gasteiger partial charge on any atom is 0.270 e. The van der Waals surface area contributed by atoms with Gasteiger partial charge in [0.05, 0.1) is 0 Å². The van der Waals surface area contributed by atoms with Crippen LogP contribution in [-0.4, -0.2) is 38.9 Å². The fourth-order valence-corrected chi connectivity index (χ4v) is 4.08. The summed E-state index contributed by atoms with van der Waals surface area (Å²) in [6.07, 6.45) is 7.51. The van der Waals surface area contributed by atoms with Crippen molar-refractivity contribution >= 4 is 28.5 Å². The van der Waals surface area contributed by atoms with E-state index < -0.39 is 0 Å². The van der Waals surface area contributed by atoms with Crippen LogP contribution in [-0.2, 0) is 0 Å². The van der Waals surface area contributed by atoms with Gasteiger partial charge in [-0.3, -0.25) is 4.79 Å². The minimum Gasteiger partial charge on any atom is -0.340 e. The number of aromatic nitrogens is 3. The number of fused-ring (bicyclic) bond motifs is 6. The van der Waals surface area contributed by atoms with E-state index in [4.69, 9.17) is 11.6 Å². The number of rotatable bonds is 0. The molecule has 5 nitrogen and oxygen atoms in total. The van der Waals surface area contributed by atoms with Gasteiger partial charge in [0.2, 0.25) is 5.28 Å². The van der Waals surface area contributed by atoms with Crippen molar-refractivity contribution in [2.24, 2.45) is 5.92 Å². The summed E-state index contributed by atoms with van der Waals surface area (Å²) >= 11 is 5.99. The number of hydrogen-bond acceptors (Lipinski definition) is 3. The van der Waals surface area contributed by atoms with E-state index in [0.717, 1.165) is 42.5 Å². The van der Waals surface area contributed by atoms with E-state index in [1.165, 1.54) is 12.8 Å². The molecule has 22 heavy (non-hydrogen) atoms. The molecule has 2 aromatic heterocycles. The number of hydrogen-bond donors (Lipinski definition) is 0. The number of halogens is 1. The summed E-state index contributed by atoms with van der Waals surface area (Å²) in [5.41, 5.74) is 1.52. The van der Waals surface area contributed by atoms with Crippen LogP contribution in [0.25, 0.3) is 11.0 Å². The Balaban J connectivity index is 1.95. The zero-order chi connectivity index (χ0) is 15.3. The maximum atomic E-state index is 12.8. The molecule has 1 amide bonds. The molecule has 2 aromatic rings. The van der Waals surface area contributed by atoms with Crippen LogP contribution in [0.5, 0.6) is 0 Å². The third-order valence-corrected chi connectivity index (χ3v) is 5.29. The van der Waals surface area contributed by atoms with Gasteiger partial charge in [0.1, 0.15) is 11.3 Å². The van der Waals surface area contributed by atoms with E-state index in [-0.39, 0.29) is 11.2 Å². The number of carbonyl (C=O) groups is 1. The topological polar surface area (TPSA) is 51.0 Å². The largest absolute Gasteiger partial charge is 0.340 e. The van der Waals surface area contributed by atoms with Crippen molar-refractivity contribution in [3.63, 3.8) is 0 Å². The minimum absolute atomic E-state index is 0.0710. The first kappa shape index (κ1) is 14.0. The zero-order valence-electron chi connectivity index (χ0n) is 12.6. The standard InChI is InChI=1S/C16H19ClN4O/c1-20-6-5-10-3-2-4-12(7-10)21-13(15(20)22)8-11-9-18-16(17)19-14(11)21/h8-10,12H,2-7H2,1H3/t10-,12-/m1/s1. The smallest absolute Gasteiger partial charge is 0.270 e. The lowest BCUT2D eigenvalue weighted by atomic mass is 9.83. The molecule has 2 atom stereocenters. The van der Waals surface area contributed by atoms with Crippen molar-refractivity contribution in [3.8, 4) is 0 Å². The van der Waals surface area contributed by atoms with E-state index in [0.29, 0.717) is 12.0 Å². The van der Waals surface area contributed by atoms with Gasteiger partial charge in [0.15, 0.2) is 0 Å². The molecule has 1 saturated carbocycles. The van der Waals surface area contributed by atoms with Crippen LogP contribution < -0.4 is 0 Å². The second-order valence-electron chi connectivity index (χ2n) is 6.52. The van der Waals surface area contributed by atoms with Crippen LogP contribution in [0.4, 0.5) is 0 Å². The minimum atomic E-state index is 0.0710. The van der Waals surface area contributed by atoms with Gasteiger partial charge in [-0.25, -0.2) is 4.98 Å². The van der Waals surface area contributed by atoms with E-state index in [2.05, 4.69) is 14.5 Å². The second kappa shape index (κ2) is 5.23. The van der Waals surface area contributed by atoms with Gasteiger partial charge in [-0.15, -0.1) is 0 Å². The van der Waals surface area contributed by atoms with Crippen molar-refractivity contribution in [1.82, 2.24) is 19.4 Å². The zero-order valence-corrected chi connectivity index (χ0v) is 13.4. The number of amides is 1. The van der Waals surface area contributed by atoms with Crippen LogP contribution >= 0.6 is 11.6 Å². The summed E-state index contributed by atoms with van der Waals surface area (Å²) in [4.78, 5) is 23.1. The summed E-state index contributed by atoms with van der Waals surface area (Å²) in [5.74, 6) is 0.761. The lowest BCUT2D eigenvalue weighted by Crippen LogP contribution is -2.29. The highest BCUT2D eigenvalue weighted by atomic mass is 35.5. The molecule has 0 saturated heterocycles. The van der Waals surface area contributed by atoms with E-state index >= 15 is 0 Å². The fraction of sp³-hybridized carbons (Fsp3) is 0.562. The van der Waals surface area contributed by atoms with Gasteiger partial charge in [-0.05, 0) is 42.8 Å². The van der Waals surface area contributed by atoms with Gasteiger partial charge >= 0.3 is 0 Å². The highest BCUT2D eigenvalue weighted by Gasteiger charge is 2.31. The van der Waals surface area contributed by atoms with Crippen molar-refractivity contribution in [2.75, 3.05) is 13.6 Å². The molecule has 2 aliphatic rings. The van der Waals surface area contributed by atoms with Gasteiger partial charge in [0.25, 0.3) is 5.91 Å². The first-order valence-electron chi connectivity index (χ1n) is 7.92. The lowest BCUT2D eigenvalue weighted by Gasteiger charge is -2.30. The van der Waals surface area contributed by atoms with E-state index in [1.807, 2.05) is 18.0 Å². The Hall–Kier alpha value is -1.62. The molecular formula is C16H19ClN4O. The molecule has 6 heteroatoms. The SMILES string of the molecule is CN1CC[C@H]2CCC[C@H](C2)n2c(cc3cnc(Cl)nc32)C1=O. The summed E-state index contributed by atoms with van der Waals surface area (Å²) in [7, 11) is 1.89. The van der Waals surface area contributed by atoms with Crippen LogP contribution in [0.1, 0.15) is 48.6 Å². The molecule has 116 valence electrons. The Morgan fingerprint density at radius 3 is 3.05 bits per heavy atom. The highest BCUT2D eigenvalue weighted by Crippen LogP contribution is 2.38. The van der Waals surface area contributed by atoms with Gasteiger partial charge < -0.3 is 9.47 Å². The van der Waals surface area contributed by atoms with Crippen LogP contribution in [0.15, 0.2) is 12.3 Å². The lowest BCUT2D eigenvalue weighted by molar-refractivity contribution is 0.0782. The predicted octanol–water partition coefficient (Wildman–Crippen LogP) is 3.29. The molecular weight excluding hydrogens is 300 g/mol. The third kappa shape index (κ3) is 2.19. The van der Waals surface area contributed by atoms with Crippen LogP contribution in [0.3, 0.4) is 0 Å². The third-order valence-electron chi connectivity index (χ3n) is 5.11. The first-order valence-corrected chi connectivity index (χ1v) is 8.30. The molecule has 3 heterocycles. The normalized spacial score (nSPS) is 25.5. The molecule has 1 aliphatic heterocycles. The molecule has 1 fully saturated rings. The number of carbonyl (C=O) groups excluding carboxylic acids is 1. The average molecular weight is 319 g/mol. The molecule has 2 bridgehead atoms. The molecule has 0 radical (unpaired) electrons. The maximum absolute atomic E-state index is 12.8. The summed E-state index contributed by atoms with van der Waals surface area (Å²) in [6.45, 7) is 0.824. The quantitative estimate of drug-likeness (QED) is 0.700. The summed E-state index contributed by atoms with van der Waals surface area (Å²) < 4.78 is 2.12. The fourth-order valence-electron chi connectivity index (χ4n) is 3.95. The number of nitrogens with zero attached hydrogens (tertiary/aromatic N) is 4. The molecule has 0 N–H and O–H groups in total. The monoisotopic (exact) mass is 318 g/mol. The van der Waals surface area contributed by atoms with E-state index in [9.17, 15) is 4.79 Å². The Kier molecular flexibility index (Phi) is 3.33. The average Bonchev–Trinajstić information content (AvgIpc) is 2.90. The molecule has 4 rings (SSSR count). The van der Waals surface area contributed by atoms with Gasteiger partial charge in [0, 0.05) is 31.2 Å². The summed E-state index contributed by atoms with van der Waals surface area (Å²) in [5, 5.41) is 1.13. The van der Waals surface area contributed by atoms with Gasteiger partial charge in [-0.1, -0.05) is 12.8 Å². The molecule has 0 spiro atoms. The van der Waals surface area contributed by atoms with Crippen molar-refractivity contribution < 1.29 is 4.79 Å². The van der Waals surface area contributed by atoms with Crippen LogP contribution in [0, 0.1) is 5.92 Å². The van der Waals surface area contributed by atoms with Crippen molar-refractivity contribution in [3.05, 3.63) is 23.2 Å². The van der Waals surface area contributed by atoms with Gasteiger partial charge in [-0.2, -0.15) is 4.98 Å². The first-order chi connectivity index (χ1) is 10.6.